The fourth-order valence-corrected chi connectivity index (χ4v) is 3.25. The first-order valence-electron chi connectivity index (χ1n) is 6.74. The average molecular weight is 327 g/mol. The number of hydrogen-bond donors (Lipinski definition) is 1. The smallest absolute Gasteiger partial charge is 0.227 e. The summed E-state index contributed by atoms with van der Waals surface area (Å²) in [5.41, 5.74) is 2.20. The molecule has 2 aromatic heterocycles. The van der Waals surface area contributed by atoms with Crippen LogP contribution in [0.15, 0.2) is 29.2 Å². The number of carbonyl (C=O) groups excluding carboxylic acids is 1. The van der Waals surface area contributed by atoms with E-state index in [0.29, 0.717) is 6.42 Å². The van der Waals surface area contributed by atoms with Crippen LogP contribution in [0.2, 0.25) is 0 Å². The summed E-state index contributed by atoms with van der Waals surface area (Å²) < 4.78 is 1.78. The summed E-state index contributed by atoms with van der Waals surface area (Å²) in [4.78, 5) is 14.5. The molecule has 3 heterocycles. The largest absolute Gasteiger partial charge is 0.333 e. The number of carbonyl (C=O) groups is 1. The molecule has 1 N–H and O–H groups in total. The van der Waals surface area contributed by atoms with Gasteiger partial charge in [0.2, 0.25) is 5.91 Å². The monoisotopic (exact) mass is 326 g/mol. The summed E-state index contributed by atoms with van der Waals surface area (Å²) in [7, 11) is 1.90. The Morgan fingerprint density at radius 3 is 3.10 bits per heavy atom. The number of hydrogen-bond acceptors (Lipinski definition) is 4. The standard InChI is InChI=1S/C14H18N4OS.ClH/c1-17-9-12(7-16-17)13-8-15-3-4-18(13)14(19)6-11-2-5-20-10-11;/h2,5,7,9-10,13,15H,3-4,6,8H2,1H3;1H. The molecule has 1 aliphatic rings. The summed E-state index contributed by atoms with van der Waals surface area (Å²) in [6.45, 7) is 2.40. The third-order valence-electron chi connectivity index (χ3n) is 3.61. The fourth-order valence-electron chi connectivity index (χ4n) is 2.58. The van der Waals surface area contributed by atoms with Crippen LogP contribution in [0.1, 0.15) is 17.2 Å². The number of halogens is 1. The predicted octanol–water partition coefficient (Wildman–Crippen LogP) is 1.62. The van der Waals surface area contributed by atoms with E-state index in [9.17, 15) is 4.79 Å². The fraction of sp³-hybridized carbons (Fsp3) is 0.429. The molecule has 0 radical (unpaired) electrons. The molecule has 1 unspecified atom stereocenters. The number of aryl methyl sites for hydroxylation is 1. The molecular formula is C14H19ClN4OS. The Morgan fingerprint density at radius 1 is 1.57 bits per heavy atom. The molecule has 1 saturated heterocycles. The van der Waals surface area contributed by atoms with Crippen molar-refractivity contribution in [2.24, 2.45) is 7.05 Å². The van der Waals surface area contributed by atoms with Crippen molar-refractivity contribution in [1.29, 1.82) is 0 Å². The summed E-state index contributed by atoms with van der Waals surface area (Å²) in [6, 6.07) is 2.10. The molecule has 1 aliphatic heterocycles. The zero-order valence-corrected chi connectivity index (χ0v) is 13.5. The van der Waals surface area contributed by atoms with Gasteiger partial charge in [0, 0.05) is 38.4 Å². The molecular weight excluding hydrogens is 308 g/mol. The maximum absolute atomic E-state index is 12.5. The van der Waals surface area contributed by atoms with E-state index in [-0.39, 0.29) is 24.4 Å². The van der Waals surface area contributed by atoms with Crippen molar-refractivity contribution >= 4 is 29.7 Å². The Morgan fingerprint density at radius 2 is 2.43 bits per heavy atom. The summed E-state index contributed by atoms with van der Waals surface area (Å²) in [6.07, 6.45) is 4.32. The topological polar surface area (TPSA) is 50.2 Å². The van der Waals surface area contributed by atoms with Gasteiger partial charge in [0.05, 0.1) is 18.7 Å². The predicted molar refractivity (Wildman–Crippen MR) is 85.8 cm³/mol. The van der Waals surface area contributed by atoms with Gasteiger partial charge in [-0.2, -0.15) is 16.4 Å². The third kappa shape index (κ3) is 3.64. The van der Waals surface area contributed by atoms with Crippen LogP contribution in [0.4, 0.5) is 0 Å². The lowest BCUT2D eigenvalue weighted by Crippen LogP contribution is -2.49. The van der Waals surface area contributed by atoms with Gasteiger partial charge < -0.3 is 10.2 Å². The number of piperazine rings is 1. The molecule has 2 aromatic rings. The molecule has 1 atom stereocenters. The van der Waals surface area contributed by atoms with Crippen LogP contribution < -0.4 is 5.32 Å². The van der Waals surface area contributed by atoms with Gasteiger partial charge in [-0.3, -0.25) is 9.48 Å². The first-order chi connectivity index (χ1) is 9.74. The van der Waals surface area contributed by atoms with Crippen molar-refractivity contribution in [2.75, 3.05) is 19.6 Å². The van der Waals surface area contributed by atoms with Crippen LogP contribution in [0.25, 0.3) is 0 Å². The molecule has 5 nitrogen and oxygen atoms in total. The minimum atomic E-state index is 0. The Labute approximate surface area is 134 Å². The lowest BCUT2D eigenvalue weighted by Gasteiger charge is -2.35. The highest BCUT2D eigenvalue weighted by atomic mass is 35.5. The number of aromatic nitrogens is 2. The van der Waals surface area contributed by atoms with Crippen molar-refractivity contribution in [1.82, 2.24) is 20.0 Å². The van der Waals surface area contributed by atoms with Gasteiger partial charge in [-0.05, 0) is 22.4 Å². The van der Waals surface area contributed by atoms with E-state index in [1.54, 1.807) is 16.0 Å². The van der Waals surface area contributed by atoms with Gasteiger partial charge in [0.1, 0.15) is 0 Å². The molecule has 1 fully saturated rings. The molecule has 0 saturated carbocycles. The highest BCUT2D eigenvalue weighted by molar-refractivity contribution is 7.07. The van der Waals surface area contributed by atoms with Crippen molar-refractivity contribution in [3.63, 3.8) is 0 Å². The molecule has 114 valence electrons. The zero-order chi connectivity index (χ0) is 13.9. The third-order valence-corrected chi connectivity index (χ3v) is 4.34. The Kier molecular flexibility index (Phi) is 5.39. The van der Waals surface area contributed by atoms with Crippen LogP contribution in [0.5, 0.6) is 0 Å². The Bertz CT molecular complexity index is 584. The molecule has 7 heteroatoms. The molecule has 3 rings (SSSR count). The van der Waals surface area contributed by atoms with Gasteiger partial charge in [0.25, 0.3) is 0 Å². The van der Waals surface area contributed by atoms with Gasteiger partial charge >= 0.3 is 0 Å². The van der Waals surface area contributed by atoms with Gasteiger partial charge in [-0.25, -0.2) is 0 Å². The van der Waals surface area contributed by atoms with Crippen molar-refractivity contribution in [2.45, 2.75) is 12.5 Å². The van der Waals surface area contributed by atoms with E-state index in [2.05, 4.69) is 10.4 Å². The summed E-state index contributed by atoms with van der Waals surface area (Å²) >= 11 is 1.63. The molecule has 0 aromatic carbocycles. The second kappa shape index (κ2) is 7.06. The minimum absolute atomic E-state index is 0. The Balaban J connectivity index is 0.00000161. The lowest BCUT2D eigenvalue weighted by molar-refractivity contribution is -0.133. The minimum Gasteiger partial charge on any atom is -0.333 e. The second-order valence-electron chi connectivity index (χ2n) is 5.06. The van der Waals surface area contributed by atoms with E-state index >= 15 is 0 Å². The highest BCUT2D eigenvalue weighted by Crippen LogP contribution is 2.23. The van der Waals surface area contributed by atoms with E-state index in [4.69, 9.17) is 0 Å². The number of thiophene rings is 1. The van der Waals surface area contributed by atoms with Crippen molar-refractivity contribution in [3.05, 3.63) is 40.3 Å². The number of nitrogens with one attached hydrogen (secondary N) is 1. The average Bonchev–Trinajstić information content (AvgIpc) is 3.10. The van der Waals surface area contributed by atoms with Crippen molar-refractivity contribution in [3.8, 4) is 0 Å². The normalized spacial score (nSPS) is 18.3. The number of amides is 1. The maximum atomic E-state index is 12.5. The van der Waals surface area contributed by atoms with Gasteiger partial charge in [0.15, 0.2) is 0 Å². The van der Waals surface area contributed by atoms with Crippen LogP contribution in [0, 0.1) is 0 Å². The molecule has 21 heavy (non-hydrogen) atoms. The Hall–Kier alpha value is -1.37. The van der Waals surface area contributed by atoms with E-state index in [0.717, 1.165) is 30.8 Å². The molecule has 0 aliphatic carbocycles. The van der Waals surface area contributed by atoms with Gasteiger partial charge in [-0.15, -0.1) is 12.4 Å². The van der Waals surface area contributed by atoms with Crippen LogP contribution in [-0.2, 0) is 18.3 Å². The zero-order valence-electron chi connectivity index (χ0n) is 11.9. The second-order valence-corrected chi connectivity index (χ2v) is 5.84. The van der Waals surface area contributed by atoms with Crippen LogP contribution in [0.3, 0.4) is 0 Å². The maximum Gasteiger partial charge on any atom is 0.227 e. The van der Waals surface area contributed by atoms with E-state index in [1.807, 2.05) is 41.2 Å². The molecule has 0 bridgehead atoms. The lowest BCUT2D eigenvalue weighted by atomic mass is 10.1. The quantitative estimate of drug-likeness (QED) is 0.932. The van der Waals surface area contributed by atoms with Gasteiger partial charge in [-0.1, -0.05) is 0 Å². The molecule has 0 spiro atoms. The number of rotatable bonds is 3. The summed E-state index contributed by atoms with van der Waals surface area (Å²) in [5, 5.41) is 11.6. The van der Waals surface area contributed by atoms with E-state index < -0.39 is 0 Å². The first-order valence-corrected chi connectivity index (χ1v) is 7.68. The van der Waals surface area contributed by atoms with Crippen LogP contribution >= 0.6 is 23.7 Å². The first kappa shape index (κ1) is 16.0. The van der Waals surface area contributed by atoms with E-state index in [1.165, 1.54) is 0 Å². The summed E-state index contributed by atoms with van der Waals surface area (Å²) in [5.74, 6) is 0.193. The van der Waals surface area contributed by atoms with Crippen molar-refractivity contribution < 1.29 is 4.79 Å². The molecule has 1 amide bonds. The SMILES string of the molecule is Cl.Cn1cc(C2CNCCN2C(=O)Cc2ccsc2)cn1. The van der Waals surface area contributed by atoms with Crippen LogP contribution in [-0.4, -0.2) is 40.2 Å². The highest BCUT2D eigenvalue weighted by Gasteiger charge is 2.28. The number of nitrogens with zero attached hydrogens (tertiary/aromatic N) is 3.